The fourth-order valence-electron chi connectivity index (χ4n) is 2.39. The number of hydrogen-bond acceptors (Lipinski definition) is 2. The molecule has 2 fully saturated rings. The largest absolute Gasteiger partial charge is 0.344 e. The van der Waals surface area contributed by atoms with Gasteiger partial charge in [0.15, 0.2) is 0 Å². The van der Waals surface area contributed by atoms with Gasteiger partial charge < -0.3 is 10.2 Å². The highest BCUT2D eigenvalue weighted by Gasteiger charge is 2.29. The first-order valence-corrected chi connectivity index (χ1v) is 6.27. The third kappa shape index (κ3) is 2.36. The molecule has 0 bridgehead atoms. The normalized spacial score (nSPS) is 22.7. The topological polar surface area (TPSA) is 49.4 Å². The van der Waals surface area contributed by atoms with Gasteiger partial charge in [0.25, 0.3) is 0 Å². The van der Waals surface area contributed by atoms with Crippen LogP contribution in [0.1, 0.15) is 39.0 Å². The molecule has 0 unspecified atom stereocenters. The van der Waals surface area contributed by atoms with Gasteiger partial charge in [0.1, 0.15) is 6.04 Å². The van der Waals surface area contributed by atoms with Crippen molar-refractivity contribution in [3.63, 3.8) is 0 Å². The minimum absolute atomic E-state index is 0.0672. The van der Waals surface area contributed by atoms with Crippen LogP contribution in [-0.4, -0.2) is 35.8 Å². The number of hydrogen-bond donors (Lipinski definition) is 1. The lowest BCUT2D eigenvalue weighted by Gasteiger charge is -2.33. The number of nitrogens with one attached hydrogen (secondary N) is 1. The number of amides is 2. The second kappa shape index (κ2) is 4.85. The standard InChI is InChI=1S/C12H20N2O2/c1-9(12(16)14-7-4-8-14)13-11(15)10-5-2-3-6-10/h9-10H,2-8H2,1H3,(H,13,15)/t9-/m1/s1. The average Bonchev–Trinajstić information content (AvgIpc) is 2.67. The van der Waals surface area contributed by atoms with E-state index >= 15 is 0 Å². The van der Waals surface area contributed by atoms with Gasteiger partial charge in [-0.1, -0.05) is 12.8 Å². The molecule has 1 saturated carbocycles. The minimum atomic E-state index is -0.353. The van der Waals surface area contributed by atoms with Crippen LogP contribution in [0.5, 0.6) is 0 Å². The predicted molar refractivity (Wildman–Crippen MR) is 60.8 cm³/mol. The summed E-state index contributed by atoms with van der Waals surface area (Å²) in [6.07, 6.45) is 5.35. The molecule has 1 saturated heterocycles. The Bertz CT molecular complexity index is 281. The first-order valence-electron chi connectivity index (χ1n) is 6.27. The number of rotatable bonds is 3. The van der Waals surface area contributed by atoms with Gasteiger partial charge >= 0.3 is 0 Å². The van der Waals surface area contributed by atoms with Crippen molar-refractivity contribution in [1.82, 2.24) is 10.2 Å². The Labute approximate surface area is 96.4 Å². The van der Waals surface area contributed by atoms with Crippen LogP contribution in [0.25, 0.3) is 0 Å². The van der Waals surface area contributed by atoms with Gasteiger partial charge in [-0.3, -0.25) is 9.59 Å². The number of carbonyl (C=O) groups is 2. The Morgan fingerprint density at radius 1 is 1.19 bits per heavy atom. The van der Waals surface area contributed by atoms with Crippen molar-refractivity contribution >= 4 is 11.8 Å². The van der Waals surface area contributed by atoms with Crippen molar-refractivity contribution in [3.8, 4) is 0 Å². The zero-order valence-corrected chi connectivity index (χ0v) is 9.87. The maximum Gasteiger partial charge on any atom is 0.244 e. The Balaban J connectivity index is 1.78. The van der Waals surface area contributed by atoms with E-state index in [1.54, 1.807) is 11.8 Å². The van der Waals surface area contributed by atoms with E-state index in [0.29, 0.717) is 0 Å². The maximum absolute atomic E-state index is 11.8. The second-order valence-electron chi connectivity index (χ2n) is 4.89. The molecule has 1 N–H and O–H groups in total. The third-order valence-corrected chi connectivity index (χ3v) is 3.62. The van der Waals surface area contributed by atoms with Gasteiger partial charge in [0.05, 0.1) is 0 Å². The SMILES string of the molecule is C[C@@H](NC(=O)C1CCCC1)C(=O)N1CCC1. The van der Waals surface area contributed by atoms with E-state index in [2.05, 4.69) is 5.32 Å². The smallest absolute Gasteiger partial charge is 0.244 e. The van der Waals surface area contributed by atoms with E-state index in [9.17, 15) is 9.59 Å². The molecule has 4 heteroatoms. The highest BCUT2D eigenvalue weighted by atomic mass is 16.2. The van der Waals surface area contributed by atoms with Crippen molar-refractivity contribution in [1.29, 1.82) is 0 Å². The van der Waals surface area contributed by atoms with Crippen molar-refractivity contribution in [2.75, 3.05) is 13.1 Å². The zero-order valence-electron chi connectivity index (χ0n) is 9.87. The Morgan fingerprint density at radius 2 is 1.81 bits per heavy atom. The van der Waals surface area contributed by atoms with E-state index in [0.717, 1.165) is 45.2 Å². The van der Waals surface area contributed by atoms with Crippen LogP contribution in [-0.2, 0) is 9.59 Å². The highest BCUT2D eigenvalue weighted by molar-refractivity contribution is 5.88. The molecule has 0 radical (unpaired) electrons. The molecule has 2 aliphatic rings. The maximum atomic E-state index is 11.8. The Morgan fingerprint density at radius 3 is 2.31 bits per heavy atom. The van der Waals surface area contributed by atoms with Gasteiger partial charge in [-0.25, -0.2) is 0 Å². The van der Waals surface area contributed by atoms with E-state index in [4.69, 9.17) is 0 Å². The Kier molecular flexibility index (Phi) is 3.46. The molecule has 1 heterocycles. The Hall–Kier alpha value is -1.06. The number of carbonyl (C=O) groups excluding carboxylic acids is 2. The highest BCUT2D eigenvalue weighted by Crippen LogP contribution is 2.24. The lowest BCUT2D eigenvalue weighted by molar-refractivity contribution is -0.139. The molecule has 1 atom stereocenters. The molecule has 1 aliphatic heterocycles. The predicted octanol–water partition coefficient (Wildman–Crippen LogP) is 0.914. The van der Waals surface area contributed by atoms with Gasteiger partial charge in [-0.05, 0) is 26.2 Å². The van der Waals surface area contributed by atoms with Crippen LogP contribution >= 0.6 is 0 Å². The van der Waals surface area contributed by atoms with E-state index in [-0.39, 0.29) is 23.8 Å². The molecule has 0 spiro atoms. The van der Waals surface area contributed by atoms with E-state index in [1.807, 2.05) is 0 Å². The first kappa shape index (κ1) is 11.4. The molecular weight excluding hydrogens is 204 g/mol. The molecule has 0 aromatic rings. The van der Waals surface area contributed by atoms with Gasteiger partial charge in [0, 0.05) is 19.0 Å². The molecule has 2 rings (SSSR count). The quantitative estimate of drug-likeness (QED) is 0.774. The van der Waals surface area contributed by atoms with Crippen LogP contribution in [0.2, 0.25) is 0 Å². The molecule has 4 nitrogen and oxygen atoms in total. The van der Waals surface area contributed by atoms with Crippen molar-refractivity contribution in [3.05, 3.63) is 0 Å². The van der Waals surface area contributed by atoms with Crippen molar-refractivity contribution < 1.29 is 9.59 Å². The summed E-state index contributed by atoms with van der Waals surface area (Å²) in [5, 5.41) is 2.84. The molecule has 1 aliphatic carbocycles. The van der Waals surface area contributed by atoms with Crippen LogP contribution in [0.4, 0.5) is 0 Å². The zero-order chi connectivity index (χ0) is 11.5. The van der Waals surface area contributed by atoms with Crippen molar-refractivity contribution in [2.45, 2.75) is 45.1 Å². The summed E-state index contributed by atoms with van der Waals surface area (Å²) in [4.78, 5) is 25.4. The lowest BCUT2D eigenvalue weighted by atomic mass is 10.1. The number of likely N-dealkylation sites (tertiary alicyclic amines) is 1. The van der Waals surface area contributed by atoms with Crippen molar-refractivity contribution in [2.24, 2.45) is 5.92 Å². The van der Waals surface area contributed by atoms with Crippen LogP contribution in [0.15, 0.2) is 0 Å². The van der Waals surface area contributed by atoms with E-state index < -0.39 is 0 Å². The van der Waals surface area contributed by atoms with Gasteiger partial charge in [-0.2, -0.15) is 0 Å². The molecule has 90 valence electrons. The second-order valence-corrected chi connectivity index (χ2v) is 4.89. The van der Waals surface area contributed by atoms with Gasteiger partial charge in [-0.15, -0.1) is 0 Å². The lowest BCUT2D eigenvalue weighted by Crippen LogP contribution is -2.52. The first-order chi connectivity index (χ1) is 7.68. The van der Waals surface area contributed by atoms with E-state index in [1.165, 1.54) is 0 Å². The number of nitrogens with zero attached hydrogens (tertiary/aromatic N) is 1. The summed E-state index contributed by atoms with van der Waals surface area (Å²) >= 11 is 0. The monoisotopic (exact) mass is 224 g/mol. The summed E-state index contributed by atoms with van der Waals surface area (Å²) < 4.78 is 0. The van der Waals surface area contributed by atoms with Crippen LogP contribution in [0.3, 0.4) is 0 Å². The summed E-state index contributed by atoms with van der Waals surface area (Å²) in [5.74, 6) is 0.281. The fourth-order valence-corrected chi connectivity index (χ4v) is 2.39. The molecule has 0 aromatic heterocycles. The molecule has 2 amide bonds. The summed E-state index contributed by atoms with van der Waals surface area (Å²) in [5.41, 5.74) is 0. The molecule has 16 heavy (non-hydrogen) atoms. The molecular formula is C12H20N2O2. The van der Waals surface area contributed by atoms with Gasteiger partial charge in [0.2, 0.25) is 11.8 Å². The minimum Gasteiger partial charge on any atom is -0.344 e. The summed E-state index contributed by atoms with van der Waals surface area (Å²) in [6, 6.07) is -0.353. The summed E-state index contributed by atoms with van der Waals surface area (Å²) in [7, 11) is 0. The van der Waals surface area contributed by atoms with Crippen LogP contribution in [0, 0.1) is 5.92 Å². The molecule has 0 aromatic carbocycles. The fraction of sp³-hybridized carbons (Fsp3) is 0.833. The third-order valence-electron chi connectivity index (χ3n) is 3.62. The summed E-state index contributed by atoms with van der Waals surface area (Å²) in [6.45, 7) is 3.48. The van der Waals surface area contributed by atoms with Crippen LogP contribution < -0.4 is 5.32 Å². The average molecular weight is 224 g/mol.